The van der Waals surface area contributed by atoms with Crippen molar-refractivity contribution in [1.29, 1.82) is 0 Å². The molecule has 0 saturated carbocycles. The number of pyridine rings is 1. The van der Waals surface area contributed by atoms with Gasteiger partial charge in [-0.2, -0.15) is 0 Å². The molecule has 1 aromatic rings. The maximum absolute atomic E-state index is 6.27. The molecule has 0 aromatic carbocycles. The van der Waals surface area contributed by atoms with Crippen LogP contribution >= 0.6 is 0 Å². The normalized spacial score (nSPS) is 25.4. The van der Waals surface area contributed by atoms with Crippen molar-refractivity contribution in [2.45, 2.75) is 45.4 Å². The molecule has 0 amide bonds. The highest BCUT2D eigenvalue weighted by Gasteiger charge is 2.31. The van der Waals surface area contributed by atoms with Crippen molar-refractivity contribution in [3.05, 3.63) is 24.0 Å². The lowest BCUT2D eigenvalue weighted by Crippen LogP contribution is -2.30. The van der Waals surface area contributed by atoms with Crippen molar-refractivity contribution in [1.82, 2.24) is 4.98 Å². The van der Waals surface area contributed by atoms with E-state index in [1.807, 2.05) is 19.9 Å². The first-order valence-corrected chi connectivity index (χ1v) is 6.56. The lowest BCUT2D eigenvalue weighted by molar-refractivity contribution is 0.0723. The SMILES string of the molecule is CC(C)Oc1cncc(C(N)C2OCCC2C)c1. The third-order valence-corrected chi connectivity index (χ3v) is 3.29. The Labute approximate surface area is 108 Å². The Hall–Kier alpha value is -1.13. The first-order chi connectivity index (χ1) is 8.58. The summed E-state index contributed by atoms with van der Waals surface area (Å²) in [7, 11) is 0. The second-order valence-corrected chi connectivity index (χ2v) is 5.25. The van der Waals surface area contributed by atoms with Gasteiger partial charge in [0.15, 0.2) is 0 Å². The standard InChI is InChI=1S/C14H22N2O2/c1-9(2)18-12-6-11(7-16-8-12)13(15)14-10(3)4-5-17-14/h6-10,13-14H,4-5,15H2,1-3H3. The van der Waals surface area contributed by atoms with Gasteiger partial charge in [0.2, 0.25) is 0 Å². The van der Waals surface area contributed by atoms with E-state index in [1.54, 1.807) is 12.4 Å². The van der Waals surface area contributed by atoms with Gasteiger partial charge < -0.3 is 15.2 Å². The summed E-state index contributed by atoms with van der Waals surface area (Å²) in [4.78, 5) is 4.19. The van der Waals surface area contributed by atoms with Gasteiger partial charge in [-0.25, -0.2) is 0 Å². The molecule has 1 aromatic heterocycles. The fourth-order valence-electron chi connectivity index (χ4n) is 2.32. The Morgan fingerprint density at radius 2 is 2.22 bits per heavy atom. The fraction of sp³-hybridized carbons (Fsp3) is 0.643. The summed E-state index contributed by atoms with van der Waals surface area (Å²) in [5, 5.41) is 0. The monoisotopic (exact) mass is 250 g/mol. The smallest absolute Gasteiger partial charge is 0.138 e. The molecule has 1 aliphatic heterocycles. The van der Waals surface area contributed by atoms with Crippen LogP contribution in [-0.4, -0.2) is 23.8 Å². The second-order valence-electron chi connectivity index (χ2n) is 5.25. The van der Waals surface area contributed by atoms with E-state index in [-0.39, 0.29) is 18.2 Å². The summed E-state index contributed by atoms with van der Waals surface area (Å²) in [5.41, 5.74) is 7.25. The van der Waals surface area contributed by atoms with Crippen LogP contribution < -0.4 is 10.5 Å². The molecule has 3 unspecified atom stereocenters. The van der Waals surface area contributed by atoms with Gasteiger partial charge in [-0.3, -0.25) is 4.98 Å². The molecule has 0 bridgehead atoms. The lowest BCUT2D eigenvalue weighted by Gasteiger charge is -2.23. The van der Waals surface area contributed by atoms with Crippen LogP contribution in [-0.2, 0) is 4.74 Å². The van der Waals surface area contributed by atoms with Gasteiger partial charge >= 0.3 is 0 Å². The van der Waals surface area contributed by atoms with Crippen LogP contribution in [0.25, 0.3) is 0 Å². The van der Waals surface area contributed by atoms with Gasteiger partial charge in [0.1, 0.15) is 5.75 Å². The van der Waals surface area contributed by atoms with Gasteiger partial charge in [0.25, 0.3) is 0 Å². The minimum absolute atomic E-state index is 0.0844. The molecule has 2 N–H and O–H groups in total. The van der Waals surface area contributed by atoms with Crippen molar-refractivity contribution in [3.8, 4) is 5.75 Å². The van der Waals surface area contributed by atoms with E-state index in [0.29, 0.717) is 5.92 Å². The molecule has 0 spiro atoms. The minimum atomic E-state index is -0.134. The molecule has 0 aliphatic carbocycles. The molecule has 1 fully saturated rings. The first kappa shape index (κ1) is 13.3. The number of hydrogen-bond donors (Lipinski definition) is 1. The molecule has 100 valence electrons. The zero-order valence-electron chi connectivity index (χ0n) is 11.3. The van der Waals surface area contributed by atoms with Crippen molar-refractivity contribution in [2.24, 2.45) is 11.7 Å². The van der Waals surface area contributed by atoms with Crippen molar-refractivity contribution < 1.29 is 9.47 Å². The third-order valence-electron chi connectivity index (χ3n) is 3.29. The van der Waals surface area contributed by atoms with Gasteiger partial charge in [0.05, 0.1) is 24.4 Å². The van der Waals surface area contributed by atoms with Crippen molar-refractivity contribution in [2.75, 3.05) is 6.61 Å². The summed E-state index contributed by atoms with van der Waals surface area (Å²) < 4.78 is 11.3. The zero-order valence-corrected chi connectivity index (χ0v) is 11.3. The van der Waals surface area contributed by atoms with E-state index in [1.165, 1.54) is 0 Å². The van der Waals surface area contributed by atoms with E-state index in [2.05, 4.69) is 11.9 Å². The molecule has 0 radical (unpaired) electrons. The second kappa shape index (κ2) is 5.67. The average molecular weight is 250 g/mol. The largest absolute Gasteiger partial charge is 0.489 e. The average Bonchev–Trinajstić information content (AvgIpc) is 2.74. The first-order valence-electron chi connectivity index (χ1n) is 6.56. The Balaban J connectivity index is 2.12. The molecule has 3 atom stereocenters. The van der Waals surface area contributed by atoms with E-state index in [0.717, 1.165) is 24.3 Å². The van der Waals surface area contributed by atoms with Crippen molar-refractivity contribution >= 4 is 0 Å². The quantitative estimate of drug-likeness (QED) is 0.890. The predicted octanol–water partition coefficient (Wildman–Crippen LogP) is 2.29. The van der Waals surface area contributed by atoms with Crippen LogP contribution in [0.1, 0.15) is 38.8 Å². The summed E-state index contributed by atoms with van der Waals surface area (Å²) in [6.07, 6.45) is 4.82. The summed E-state index contributed by atoms with van der Waals surface area (Å²) in [5.74, 6) is 1.26. The highest BCUT2D eigenvalue weighted by atomic mass is 16.5. The maximum atomic E-state index is 6.27. The van der Waals surface area contributed by atoms with Gasteiger partial charge in [-0.05, 0) is 37.8 Å². The van der Waals surface area contributed by atoms with Crippen LogP contribution in [0.5, 0.6) is 5.75 Å². The minimum Gasteiger partial charge on any atom is -0.489 e. The molecule has 1 aliphatic rings. The topological polar surface area (TPSA) is 57.4 Å². The molecule has 4 heteroatoms. The molecule has 4 nitrogen and oxygen atoms in total. The van der Waals surface area contributed by atoms with Crippen LogP contribution in [0.3, 0.4) is 0 Å². The molecular weight excluding hydrogens is 228 g/mol. The Morgan fingerprint density at radius 3 is 2.83 bits per heavy atom. The van der Waals surface area contributed by atoms with E-state index < -0.39 is 0 Å². The zero-order chi connectivity index (χ0) is 13.1. The van der Waals surface area contributed by atoms with E-state index in [9.17, 15) is 0 Å². The number of hydrogen-bond acceptors (Lipinski definition) is 4. The highest BCUT2D eigenvalue weighted by molar-refractivity contribution is 5.27. The Kier molecular flexibility index (Phi) is 4.19. The molecular formula is C14H22N2O2. The lowest BCUT2D eigenvalue weighted by atomic mass is 9.94. The Morgan fingerprint density at radius 1 is 1.44 bits per heavy atom. The van der Waals surface area contributed by atoms with E-state index in [4.69, 9.17) is 15.2 Å². The van der Waals surface area contributed by atoms with E-state index >= 15 is 0 Å². The van der Waals surface area contributed by atoms with Crippen LogP contribution in [0.2, 0.25) is 0 Å². The maximum Gasteiger partial charge on any atom is 0.138 e. The molecule has 2 heterocycles. The van der Waals surface area contributed by atoms with Crippen LogP contribution in [0, 0.1) is 5.92 Å². The molecule has 2 rings (SSSR count). The number of nitrogens with two attached hydrogens (primary N) is 1. The number of aromatic nitrogens is 1. The number of rotatable bonds is 4. The Bertz CT molecular complexity index is 395. The molecule has 18 heavy (non-hydrogen) atoms. The van der Waals surface area contributed by atoms with Gasteiger partial charge in [-0.1, -0.05) is 6.92 Å². The fourth-order valence-corrected chi connectivity index (χ4v) is 2.32. The number of nitrogens with zero attached hydrogens (tertiary/aromatic N) is 1. The predicted molar refractivity (Wildman–Crippen MR) is 70.5 cm³/mol. The highest BCUT2D eigenvalue weighted by Crippen LogP contribution is 2.30. The third kappa shape index (κ3) is 3.00. The molecule has 1 saturated heterocycles. The summed E-state index contributed by atoms with van der Waals surface area (Å²) in [6.45, 7) is 6.97. The summed E-state index contributed by atoms with van der Waals surface area (Å²) in [6, 6.07) is 1.83. The van der Waals surface area contributed by atoms with Gasteiger partial charge in [-0.15, -0.1) is 0 Å². The van der Waals surface area contributed by atoms with Crippen molar-refractivity contribution in [3.63, 3.8) is 0 Å². The van der Waals surface area contributed by atoms with Gasteiger partial charge in [0, 0.05) is 12.8 Å². The van der Waals surface area contributed by atoms with Crippen LogP contribution in [0.15, 0.2) is 18.5 Å². The summed E-state index contributed by atoms with van der Waals surface area (Å²) >= 11 is 0. The number of ether oxygens (including phenoxy) is 2. The van der Waals surface area contributed by atoms with Crippen LogP contribution in [0.4, 0.5) is 0 Å².